The highest BCUT2D eigenvalue weighted by Gasteiger charge is 2.25. The van der Waals surface area contributed by atoms with Crippen LogP contribution in [0.25, 0.3) is 0 Å². The molecule has 2 rings (SSSR count). The highest BCUT2D eigenvalue weighted by Crippen LogP contribution is 2.16. The first-order valence-corrected chi connectivity index (χ1v) is 5.48. The first kappa shape index (κ1) is 10.6. The smallest absolute Gasteiger partial charge is 0.243 e. The molecule has 2 heterocycles. The van der Waals surface area contributed by atoms with Crippen molar-refractivity contribution in [2.24, 2.45) is 10.8 Å². The number of hydrogen-bond acceptors (Lipinski definition) is 4. The Kier molecular flexibility index (Phi) is 3.33. The maximum absolute atomic E-state index is 11.6. The fraction of sp³-hybridized carbons (Fsp3) is 0.800. The fourth-order valence-electron chi connectivity index (χ4n) is 1.92. The summed E-state index contributed by atoms with van der Waals surface area (Å²) in [6, 6.07) is 0. The quantitative estimate of drug-likeness (QED) is 0.720. The summed E-state index contributed by atoms with van der Waals surface area (Å²) in [7, 11) is 0. The van der Waals surface area contributed by atoms with Gasteiger partial charge in [-0.2, -0.15) is 5.10 Å². The van der Waals surface area contributed by atoms with E-state index in [-0.39, 0.29) is 12.0 Å². The summed E-state index contributed by atoms with van der Waals surface area (Å²) in [4.78, 5) is 11.6. The SMILES string of the molecule is NCC1=NN(CC2CCCO2)C(=O)CC1. The zero-order valence-corrected chi connectivity index (χ0v) is 8.82. The summed E-state index contributed by atoms with van der Waals surface area (Å²) in [5.74, 6) is 0.0858. The van der Waals surface area contributed by atoms with E-state index in [2.05, 4.69) is 5.10 Å². The molecule has 5 heteroatoms. The van der Waals surface area contributed by atoms with Crippen LogP contribution in [-0.4, -0.2) is 42.4 Å². The largest absolute Gasteiger partial charge is 0.376 e. The zero-order valence-electron chi connectivity index (χ0n) is 8.82. The van der Waals surface area contributed by atoms with Gasteiger partial charge in [-0.1, -0.05) is 0 Å². The summed E-state index contributed by atoms with van der Waals surface area (Å²) >= 11 is 0. The van der Waals surface area contributed by atoms with Gasteiger partial charge in [-0.15, -0.1) is 0 Å². The Balaban J connectivity index is 1.95. The molecule has 84 valence electrons. The first-order chi connectivity index (χ1) is 7.29. The molecule has 0 saturated carbocycles. The van der Waals surface area contributed by atoms with Crippen molar-refractivity contribution < 1.29 is 9.53 Å². The van der Waals surface area contributed by atoms with Crippen LogP contribution in [0.15, 0.2) is 5.10 Å². The number of carbonyl (C=O) groups is 1. The van der Waals surface area contributed by atoms with Crippen LogP contribution >= 0.6 is 0 Å². The van der Waals surface area contributed by atoms with Crippen LogP contribution in [0.4, 0.5) is 0 Å². The minimum Gasteiger partial charge on any atom is -0.376 e. The molecule has 0 aliphatic carbocycles. The van der Waals surface area contributed by atoms with Crippen molar-refractivity contribution in [2.45, 2.75) is 31.8 Å². The van der Waals surface area contributed by atoms with Crippen molar-refractivity contribution >= 4 is 11.6 Å². The summed E-state index contributed by atoms with van der Waals surface area (Å²) in [5, 5.41) is 5.77. The monoisotopic (exact) mass is 211 g/mol. The minimum absolute atomic E-state index is 0.0858. The van der Waals surface area contributed by atoms with Gasteiger partial charge in [-0.25, -0.2) is 5.01 Å². The van der Waals surface area contributed by atoms with Crippen LogP contribution < -0.4 is 5.73 Å². The third-order valence-electron chi connectivity index (χ3n) is 2.81. The van der Waals surface area contributed by atoms with E-state index in [0.717, 1.165) is 25.2 Å². The maximum atomic E-state index is 11.6. The number of hydrogen-bond donors (Lipinski definition) is 1. The average molecular weight is 211 g/mol. The third-order valence-corrected chi connectivity index (χ3v) is 2.81. The Morgan fingerprint density at radius 1 is 1.53 bits per heavy atom. The van der Waals surface area contributed by atoms with E-state index in [1.54, 1.807) is 0 Å². The van der Waals surface area contributed by atoms with Crippen molar-refractivity contribution in [1.29, 1.82) is 0 Å². The van der Waals surface area contributed by atoms with Gasteiger partial charge in [0.05, 0.1) is 18.4 Å². The average Bonchev–Trinajstić information content (AvgIpc) is 2.74. The standard InChI is InChI=1S/C10H17N3O2/c11-6-8-3-4-10(14)13(12-8)7-9-2-1-5-15-9/h9H,1-7,11H2. The molecule has 15 heavy (non-hydrogen) atoms. The molecule has 2 aliphatic heterocycles. The van der Waals surface area contributed by atoms with Crippen molar-refractivity contribution in [2.75, 3.05) is 19.7 Å². The summed E-state index contributed by atoms with van der Waals surface area (Å²) in [6.45, 7) is 1.83. The predicted octanol–water partition coefficient (Wildman–Crippen LogP) is 0.102. The molecule has 0 spiro atoms. The summed E-state index contributed by atoms with van der Waals surface area (Å²) in [6.07, 6.45) is 3.51. The molecule has 2 N–H and O–H groups in total. The minimum atomic E-state index is 0.0858. The molecule has 1 fully saturated rings. The zero-order chi connectivity index (χ0) is 10.7. The lowest BCUT2D eigenvalue weighted by Gasteiger charge is -2.25. The van der Waals surface area contributed by atoms with Gasteiger partial charge in [0.2, 0.25) is 5.91 Å². The van der Waals surface area contributed by atoms with Crippen LogP contribution in [-0.2, 0) is 9.53 Å². The Labute approximate surface area is 89.3 Å². The van der Waals surface area contributed by atoms with E-state index >= 15 is 0 Å². The first-order valence-electron chi connectivity index (χ1n) is 5.48. The molecule has 1 unspecified atom stereocenters. The number of nitrogens with zero attached hydrogens (tertiary/aromatic N) is 2. The number of carbonyl (C=O) groups excluding carboxylic acids is 1. The molecule has 1 saturated heterocycles. The number of amides is 1. The fourth-order valence-corrected chi connectivity index (χ4v) is 1.92. The highest BCUT2D eigenvalue weighted by atomic mass is 16.5. The van der Waals surface area contributed by atoms with Gasteiger partial charge in [0.15, 0.2) is 0 Å². The Bertz CT molecular complexity index is 272. The van der Waals surface area contributed by atoms with Gasteiger partial charge in [0.25, 0.3) is 0 Å². The van der Waals surface area contributed by atoms with E-state index in [4.69, 9.17) is 10.5 Å². The number of rotatable bonds is 3. The van der Waals surface area contributed by atoms with Gasteiger partial charge in [-0.3, -0.25) is 4.79 Å². The number of hydrazone groups is 1. The van der Waals surface area contributed by atoms with Crippen LogP contribution in [0.3, 0.4) is 0 Å². The highest BCUT2D eigenvalue weighted by molar-refractivity contribution is 5.93. The molecule has 5 nitrogen and oxygen atoms in total. The molecule has 0 aromatic carbocycles. The molecule has 1 amide bonds. The van der Waals surface area contributed by atoms with Gasteiger partial charge < -0.3 is 10.5 Å². The van der Waals surface area contributed by atoms with E-state index in [1.165, 1.54) is 5.01 Å². The molecular formula is C10H17N3O2. The molecule has 0 radical (unpaired) electrons. The Morgan fingerprint density at radius 3 is 3.07 bits per heavy atom. The van der Waals surface area contributed by atoms with Gasteiger partial charge in [-0.05, 0) is 19.3 Å². The van der Waals surface area contributed by atoms with E-state index < -0.39 is 0 Å². The van der Waals surface area contributed by atoms with Crippen molar-refractivity contribution in [3.63, 3.8) is 0 Å². The molecule has 0 aromatic rings. The van der Waals surface area contributed by atoms with Crippen LogP contribution in [0.2, 0.25) is 0 Å². The Hall–Kier alpha value is -0.940. The van der Waals surface area contributed by atoms with Crippen molar-refractivity contribution in [3.05, 3.63) is 0 Å². The second-order valence-corrected chi connectivity index (χ2v) is 3.98. The van der Waals surface area contributed by atoms with Gasteiger partial charge in [0.1, 0.15) is 0 Å². The second kappa shape index (κ2) is 4.72. The van der Waals surface area contributed by atoms with E-state index in [0.29, 0.717) is 25.9 Å². The normalized spacial score (nSPS) is 27.0. The lowest BCUT2D eigenvalue weighted by molar-refractivity contribution is -0.133. The number of nitrogens with two attached hydrogens (primary N) is 1. The molecule has 2 aliphatic rings. The van der Waals surface area contributed by atoms with Gasteiger partial charge >= 0.3 is 0 Å². The lowest BCUT2D eigenvalue weighted by atomic mass is 10.1. The molecule has 1 atom stereocenters. The van der Waals surface area contributed by atoms with Crippen LogP contribution in [0, 0.1) is 0 Å². The Morgan fingerprint density at radius 2 is 2.40 bits per heavy atom. The lowest BCUT2D eigenvalue weighted by Crippen LogP contribution is -2.38. The third kappa shape index (κ3) is 2.54. The molecule has 0 bridgehead atoms. The topological polar surface area (TPSA) is 67.9 Å². The number of ether oxygens (including phenoxy) is 1. The van der Waals surface area contributed by atoms with Crippen LogP contribution in [0.5, 0.6) is 0 Å². The van der Waals surface area contributed by atoms with E-state index in [9.17, 15) is 4.79 Å². The summed E-state index contributed by atoms with van der Waals surface area (Å²) < 4.78 is 5.48. The van der Waals surface area contributed by atoms with Crippen molar-refractivity contribution in [1.82, 2.24) is 5.01 Å². The summed E-state index contributed by atoms with van der Waals surface area (Å²) in [5.41, 5.74) is 6.43. The molecule has 0 aromatic heterocycles. The van der Waals surface area contributed by atoms with Gasteiger partial charge in [0, 0.05) is 19.6 Å². The van der Waals surface area contributed by atoms with Crippen LogP contribution in [0.1, 0.15) is 25.7 Å². The maximum Gasteiger partial charge on any atom is 0.243 e. The predicted molar refractivity (Wildman–Crippen MR) is 56.4 cm³/mol. The van der Waals surface area contributed by atoms with Crippen molar-refractivity contribution in [3.8, 4) is 0 Å². The molecular weight excluding hydrogens is 194 g/mol. The second-order valence-electron chi connectivity index (χ2n) is 3.98. The van der Waals surface area contributed by atoms with E-state index in [1.807, 2.05) is 0 Å².